The topological polar surface area (TPSA) is 24.1 Å². The first-order valence-corrected chi connectivity index (χ1v) is 7.49. The van der Waals surface area contributed by atoms with Gasteiger partial charge in [0.05, 0.1) is 0 Å². The van der Waals surface area contributed by atoms with Gasteiger partial charge < -0.3 is 10.6 Å². The van der Waals surface area contributed by atoms with E-state index in [4.69, 9.17) is 0 Å². The van der Waals surface area contributed by atoms with Gasteiger partial charge in [-0.3, -0.25) is 0 Å². The molecule has 0 unspecified atom stereocenters. The monoisotopic (exact) mass is 262 g/mol. The molecule has 0 spiro atoms. The van der Waals surface area contributed by atoms with Gasteiger partial charge in [-0.15, -0.1) is 0 Å². The van der Waals surface area contributed by atoms with E-state index in [0.29, 0.717) is 5.92 Å². The molecule has 0 aliphatic rings. The third-order valence-electron chi connectivity index (χ3n) is 3.65. The fraction of sp³-hybridized carbons (Fsp3) is 0.647. The highest BCUT2D eigenvalue weighted by molar-refractivity contribution is 5.29. The van der Waals surface area contributed by atoms with Crippen molar-refractivity contribution in [2.24, 2.45) is 0 Å². The van der Waals surface area contributed by atoms with Crippen molar-refractivity contribution in [2.75, 3.05) is 26.2 Å². The molecule has 1 rings (SSSR count). The minimum absolute atomic E-state index is 0.182. The Morgan fingerprint density at radius 1 is 1.00 bits per heavy atom. The highest BCUT2D eigenvalue weighted by Gasteiger charge is 2.19. The van der Waals surface area contributed by atoms with Crippen LogP contribution in [0.3, 0.4) is 0 Å². The molecule has 1 aromatic rings. The van der Waals surface area contributed by atoms with Crippen molar-refractivity contribution in [1.29, 1.82) is 0 Å². The van der Waals surface area contributed by atoms with Crippen molar-refractivity contribution in [2.45, 2.75) is 46.0 Å². The van der Waals surface area contributed by atoms with Gasteiger partial charge in [-0.25, -0.2) is 0 Å². The summed E-state index contributed by atoms with van der Waals surface area (Å²) in [7, 11) is 0. The van der Waals surface area contributed by atoms with Crippen LogP contribution in [0.2, 0.25) is 0 Å². The minimum atomic E-state index is 0.182. The smallest absolute Gasteiger partial charge is 0.00770 e. The van der Waals surface area contributed by atoms with Crippen LogP contribution in [0, 0.1) is 0 Å². The Hall–Kier alpha value is -0.860. The largest absolute Gasteiger partial charge is 0.316 e. The van der Waals surface area contributed by atoms with Crippen LogP contribution in [-0.2, 0) is 5.41 Å². The molecular weight excluding hydrogens is 232 g/mol. The van der Waals surface area contributed by atoms with Crippen molar-refractivity contribution in [3.05, 3.63) is 35.4 Å². The van der Waals surface area contributed by atoms with Crippen LogP contribution in [0.15, 0.2) is 24.3 Å². The number of hydrogen-bond acceptors (Lipinski definition) is 2. The summed E-state index contributed by atoms with van der Waals surface area (Å²) < 4.78 is 0. The van der Waals surface area contributed by atoms with Crippen LogP contribution in [0.4, 0.5) is 0 Å². The Kier molecular flexibility index (Phi) is 6.53. The summed E-state index contributed by atoms with van der Waals surface area (Å²) in [5.74, 6) is 0.607. The first kappa shape index (κ1) is 16.2. The maximum absolute atomic E-state index is 3.53. The highest BCUT2D eigenvalue weighted by Crippen LogP contribution is 2.24. The Bertz CT molecular complexity index is 352. The maximum atomic E-state index is 3.53. The molecule has 0 heterocycles. The van der Waals surface area contributed by atoms with Gasteiger partial charge in [0.2, 0.25) is 0 Å². The van der Waals surface area contributed by atoms with Crippen molar-refractivity contribution < 1.29 is 0 Å². The molecule has 0 fully saturated rings. The van der Waals surface area contributed by atoms with Gasteiger partial charge in [0.1, 0.15) is 0 Å². The Balaban J connectivity index is 2.51. The average molecular weight is 262 g/mol. The molecule has 0 aromatic heterocycles. The van der Waals surface area contributed by atoms with E-state index >= 15 is 0 Å². The fourth-order valence-electron chi connectivity index (χ4n) is 2.18. The maximum Gasteiger partial charge on any atom is 0.00770 e. The van der Waals surface area contributed by atoms with E-state index < -0.39 is 0 Å². The Labute approximate surface area is 119 Å². The van der Waals surface area contributed by atoms with Crippen LogP contribution in [0.25, 0.3) is 0 Å². The van der Waals surface area contributed by atoms with Gasteiger partial charge in [0, 0.05) is 25.0 Å². The van der Waals surface area contributed by atoms with Gasteiger partial charge in [0.25, 0.3) is 0 Å². The molecule has 0 saturated heterocycles. The van der Waals surface area contributed by atoms with Crippen molar-refractivity contribution in [3.8, 4) is 0 Å². The third kappa shape index (κ3) is 5.33. The van der Waals surface area contributed by atoms with Crippen molar-refractivity contribution in [1.82, 2.24) is 10.6 Å². The van der Waals surface area contributed by atoms with Gasteiger partial charge in [0.15, 0.2) is 0 Å². The third-order valence-corrected chi connectivity index (χ3v) is 3.65. The molecule has 0 atom stereocenters. The summed E-state index contributed by atoms with van der Waals surface area (Å²) >= 11 is 0. The second-order valence-electron chi connectivity index (χ2n) is 6.19. The number of nitrogens with one attached hydrogen (secondary N) is 2. The SMILES string of the molecule is CCNCCNCC(C)(C)c1ccc(C(C)C)cc1. The lowest BCUT2D eigenvalue weighted by Gasteiger charge is -2.26. The average Bonchev–Trinajstić information content (AvgIpc) is 2.38. The first-order chi connectivity index (χ1) is 8.97. The molecule has 0 amide bonds. The zero-order valence-electron chi connectivity index (χ0n) is 13.2. The van der Waals surface area contributed by atoms with E-state index in [1.54, 1.807) is 0 Å². The standard InChI is InChI=1S/C17H30N2/c1-6-18-11-12-19-13-17(4,5)16-9-7-15(8-10-16)14(2)3/h7-10,14,18-19H,6,11-13H2,1-5H3. The van der Waals surface area contributed by atoms with Crippen LogP contribution in [-0.4, -0.2) is 26.2 Å². The molecule has 1 aromatic carbocycles. The summed E-state index contributed by atoms with van der Waals surface area (Å²) in [5, 5.41) is 6.87. The van der Waals surface area contributed by atoms with Gasteiger partial charge in [-0.1, -0.05) is 58.9 Å². The predicted molar refractivity (Wildman–Crippen MR) is 85.0 cm³/mol. The van der Waals surface area contributed by atoms with Gasteiger partial charge in [-0.05, 0) is 23.6 Å². The number of likely N-dealkylation sites (N-methyl/N-ethyl adjacent to an activating group) is 1. The van der Waals surface area contributed by atoms with E-state index in [-0.39, 0.29) is 5.41 Å². The molecule has 19 heavy (non-hydrogen) atoms. The summed E-state index contributed by atoms with van der Waals surface area (Å²) in [6, 6.07) is 9.09. The Morgan fingerprint density at radius 3 is 2.11 bits per heavy atom. The summed E-state index contributed by atoms with van der Waals surface area (Å²) in [6.45, 7) is 15.3. The second kappa shape index (κ2) is 7.66. The molecule has 0 bridgehead atoms. The molecule has 0 radical (unpaired) electrons. The Morgan fingerprint density at radius 2 is 1.58 bits per heavy atom. The summed E-state index contributed by atoms with van der Waals surface area (Å²) in [5.41, 5.74) is 3.01. The molecule has 0 aliphatic carbocycles. The van der Waals surface area contributed by atoms with Crippen LogP contribution in [0.1, 0.15) is 51.7 Å². The van der Waals surface area contributed by atoms with E-state index in [0.717, 1.165) is 26.2 Å². The second-order valence-corrected chi connectivity index (χ2v) is 6.19. The highest BCUT2D eigenvalue weighted by atomic mass is 14.9. The minimum Gasteiger partial charge on any atom is -0.316 e. The molecular formula is C17H30N2. The molecule has 2 heteroatoms. The zero-order valence-corrected chi connectivity index (χ0v) is 13.2. The predicted octanol–water partition coefficient (Wildman–Crippen LogP) is 3.29. The summed E-state index contributed by atoms with van der Waals surface area (Å²) in [6.07, 6.45) is 0. The quantitative estimate of drug-likeness (QED) is 0.703. The number of hydrogen-bond donors (Lipinski definition) is 2. The lowest BCUT2D eigenvalue weighted by atomic mass is 9.83. The molecule has 2 N–H and O–H groups in total. The number of benzene rings is 1. The van der Waals surface area contributed by atoms with Crippen molar-refractivity contribution in [3.63, 3.8) is 0 Å². The molecule has 108 valence electrons. The van der Waals surface area contributed by atoms with Crippen LogP contribution < -0.4 is 10.6 Å². The first-order valence-electron chi connectivity index (χ1n) is 7.49. The van der Waals surface area contributed by atoms with E-state index in [2.05, 4.69) is 69.5 Å². The fourth-order valence-corrected chi connectivity index (χ4v) is 2.18. The van der Waals surface area contributed by atoms with Gasteiger partial charge in [-0.2, -0.15) is 0 Å². The van der Waals surface area contributed by atoms with E-state index in [1.807, 2.05) is 0 Å². The van der Waals surface area contributed by atoms with Gasteiger partial charge >= 0.3 is 0 Å². The lowest BCUT2D eigenvalue weighted by molar-refractivity contribution is 0.466. The van der Waals surface area contributed by atoms with Crippen LogP contribution >= 0.6 is 0 Å². The molecule has 2 nitrogen and oxygen atoms in total. The van der Waals surface area contributed by atoms with Crippen LogP contribution in [0.5, 0.6) is 0 Å². The summed E-state index contributed by atoms with van der Waals surface area (Å²) in [4.78, 5) is 0. The molecule has 0 aliphatic heterocycles. The normalized spacial score (nSPS) is 12.1. The van der Waals surface area contributed by atoms with E-state index in [1.165, 1.54) is 11.1 Å². The van der Waals surface area contributed by atoms with Crippen molar-refractivity contribution >= 4 is 0 Å². The van der Waals surface area contributed by atoms with E-state index in [9.17, 15) is 0 Å². The lowest BCUT2D eigenvalue weighted by Crippen LogP contribution is -2.36. The molecule has 0 saturated carbocycles. The zero-order chi connectivity index (χ0) is 14.3. The number of rotatable bonds is 8.